The molecular weight excluding hydrogens is 340 g/mol. The third-order valence-corrected chi connectivity index (χ3v) is 4.47. The second-order valence-electron chi connectivity index (χ2n) is 5.71. The molecule has 7 heteroatoms. The summed E-state index contributed by atoms with van der Waals surface area (Å²) in [4.78, 5) is 22.3. The quantitative estimate of drug-likeness (QED) is 0.869. The van der Waals surface area contributed by atoms with Gasteiger partial charge in [-0.1, -0.05) is 0 Å². The molecule has 0 bridgehead atoms. The van der Waals surface area contributed by atoms with E-state index in [2.05, 4.69) is 21.2 Å². The van der Waals surface area contributed by atoms with Crippen LogP contribution in [-0.4, -0.2) is 27.4 Å². The molecule has 1 aliphatic carbocycles. The standard InChI is InChI=1S/C14H19BrN2O4/c1-14(5-3-9(4-6-14)16-13(19)20)21-11-7-12(18)17(2)8-10(11)15/h7-9,16H,3-6H2,1-2H3,(H,19,20). The van der Waals surface area contributed by atoms with Crippen LogP contribution in [0.3, 0.4) is 0 Å². The first kappa shape index (κ1) is 15.9. The minimum Gasteiger partial charge on any atom is -0.486 e. The summed E-state index contributed by atoms with van der Waals surface area (Å²) in [6.45, 7) is 1.99. The van der Waals surface area contributed by atoms with E-state index in [9.17, 15) is 9.59 Å². The summed E-state index contributed by atoms with van der Waals surface area (Å²) in [7, 11) is 1.68. The Morgan fingerprint density at radius 3 is 2.71 bits per heavy atom. The van der Waals surface area contributed by atoms with Gasteiger partial charge in [-0.2, -0.15) is 0 Å². The predicted octanol–water partition coefficient (Wildman–Crippen LogP) is 2.50. The minimum atomic E-state index is -0.987. The predicted molar refractivity (Wildman–Crippen MR) is 81.8 cm³/mol. The van der Waals surface area contributed by atoms with Gasteiger partial charge >= 0.3 is 6.09 Å². The van der Waals surface area contributed by atoms with Crippen molar-refractivity contribution in [1.29, 1.82) is 0 Å². The van der Waals surface area contributed by atoms with Crippen LogP contribution >= 0.6 is 15.9 Å². The van der Waals surface area contributed by atoms with Crippen molar-refractivity contribution in [3.63, 3.8) is 0 Å². The van der Waals surface area contributed by atoms with Gasteiger partial charge in [0, 0.05) is 25.4 Å². The molecule has 1 aliphatic rings. The number of hydrogen-bond donors (Lipinski definition) is 2. The molecule has 0 radical (unpaired) electrons. The zero-order valence-electron chi connectivity index (χ0n) is 12.1. The molecule has 1 aromatic heterocycles. The molecule has 0 aromatic carbocycles. The van der Waals surface area contributed by atoms with E-state index >= 15 is 0 Å². The van der Waals surface area contributed by atoms with Crippen molar-refractivity contribution < 1.29 is 14.6 Å². The maximum atomic E-state index is 11.7. The molecule has 1 heterocycles. The fourth-order valence-electron chi connectivity index (χ4n) is 2.57. The molecule has 116 valence electrons. The molecule has 21 heavy (non-hydrogen) atoms. The number of hydrogen-bond acceptors (Lipinski definition) is 3. The number of amides is 1. The number of carboxylic acid groups (broad SMARTS) is 1. The summed E-state index contributed by atoms with van der Waals surface area (Å²) in [6.07, 6.45) is 3.62. The molecule has 2 N–H and O–H groups in total. The van der Waals surface area contributed by atoms with Crippen molar-refractivity contribution in [3.8, 4) is 5.75 Å². The van der Waals surface area contributed by atoms with Gasteiger partial charge in [-0.25, -0.2) is 4.79 Å². The van der Waals surface area contributed by atoms with Crippen LogP contribution in [0.25, 0.3) is 0 Å². The molecule has 0 unspecified atom stereocenters. The normalized spacial score (nSPS) is 25.4. The van der Waals surface area contributed by atoms with Crippen molar-refractivity contribution in [2.24, 2.45) is 7.05 Å². The van der Waals surface area contributed by atoms with Gasteiger partial charge in [-0.15, -0.1) is 0 Å². The van der Waals surface area contributed by atoms with E-state index in [0.29, 0.717) is 5.75 Å². The summed E-state index contributed by atoms with van der Waals surface area (Å²) < 4.78 is 8.24. The Morgan fingerprint density at radius 1 is 1.52 bits per heavy atom. The molecule has 0 atom stereocenters. The average molecular weight is 359 g/mol. The molecule has 6 nitrogen and oxygen atoms in total. The van der Waals surface area contributed by atoms with Crippen LogP contribution in [0.15, 0.2) is 21.5 Å². The first-order valence-electron chi connectivity index (χ1n) is 6.84. The van der Waals surface area contributed by atoms with Crippen LogP contribution in [0.1, 0.15) is 32.6 Å². The monoisotopic (exact) mass is 358 g/mol. The van der Waals surface area contributed by atoms with E-state index < -0.39 is 6.09 Å². The maximum absolute atomic E-state index is 11.7. The number of carbonyl (C=O) groups is 1. The number of ether oxygens (including phenoxy) is 1. The van der Waals surface area contributed by atoms with Gasteiger partial charge < -0.3 is 19.7 Å². The van der Waals surface area contributed by atoms with Gasteiger partial charge in [0.2, 0.25) is 0 Å². The number of pyridine rings is 1. The van der Waals surface area contributed by atoms with E-state index in [1.165, 1.54) is 10.6 Å². The first-order chi connectivity index (χ1) is 9.79. The molecule has 1 aromatic rings. The Bertz CT molecular complexity index is 591. The molecule has 1 saturated carbocycles. The molecule has 1 fully saturated rings. The number of aryl methyl sites for hydroxylation is 1. The Kier molecular flexibility index (Phi) is 4.61. The summed E-state index contributed by atoms with van der Waals surface area (Å²) in [5, 5.41) is 11.2. The van der Waals surface area contributed by atoms with Crippen molar-refractivity contribution >= 4 is 22.0 Å². The molecule has 0 spiro atoms. The number of rotatable bonds is 3. The van der Waals surface area contributed by atoms with Crippen LogP contribution in [0.4, 0.5) is 4.79 Å². The van der Waals surface area contributed by atoms with Gasteiger partial charge in [0.05, 0.1) is 4.47 Å². The summed E-state index contributed by atoms with van der Waals surface area (Å²) >= 11 is 3.40. The zero-order valence-corrected chi connectivity index (χ0v) is 13.6. The molecule has 2 rings (SSSR count). The van der Waals surface area contributed by atoms with Crippen LogP contribution in [-0.2, 0) is 7.05 Å². The fraction of sp³-hybridized carbons (Fsp3) is 0.571. The van der Waals surface area contributed by atoms with E-state index in [4.69, 9.17) is 9.84 Å². The van der Waals surface area contributed by atoms with Crippen LogP contribution in [0, 0.1) is 0 Å². The third kappa shape index (κ3) is 4.00. The second-order valence-corrected chi connectivity index (χ2v) is 6.56. The lowest BCUT2D eigenvalue weighted by Gasteiger charge is -2.37. The fourth-order valence-corrected chi connectivity index (χ4v) is 3.08. The number of aromatic nitrogens is 1. The molecular formula is C14H19BrN2O4. The van der Waals surface area contributed by atoms with E-state index in [-0.39, 0.29) is 17.2 Å². The van der Waals surface area contributed by atoms with E-state index in [1.807, 2.05) is 6.92 Å². The Labute approximate surface area is 131 Å². The Balaban J connectivity index is 2.05. The van der Waals surface area contributed by atoms with Gasteiger partial charge in [-0.3, -0.25) is 4.79 Å². The highest BCUT2D eigenvalue weighted by atomic mass is 79.9. The lowest BCUT2D eigenvalue weighted by atomic mass is 9.83. The number of nitrogens with one attached hydrogen (secondary N) is 1. The summed E-state index contributed by atoms with van der Waals surface area (Å²) in [5.41, 5.74) is -0.510. The van der Waals surface area contributed by atoms with Crippen molar-refractivity contribution in [2.45, 2.75) is 44.2 Å². The Hall–Kier alpha value is -1.50. The summed E-state index contributed by atoms with van der Waals surface area (Å²) in [6, 6.07) is 1.45. The van der Waals surface area contributed by atoms with Crippen LogP contribution in [0.2, 0.25) is 0 Å². The van der Waals surface area contributed by atoms with E-state index in [0.717, 1.165) is 30.2 Å². The molecule has 0 aliphatic heterocycles. The zero-order chi connectivity index (χ0) is 15.6. The highest BCUT2D eigenvalue weighted by Gasteiger charge is 2.34. The second kappa shape index (κ2) is 6.09. The minimum absolute atomic E-state index is 0.0220. The highest BCUT2D eigenvalue weighted by Crippen LogP contribution is 2.35. The average Bonchev–Trinajstić information content (AvgIpc) is 2.38. The van der Waals surface area contributed by atoms with Gasteiger partial charge in [-0.05, 0) is 48.5 Å². The lowest BCUT2D eigenvalue weighted by Crippen LogP contribution is -2.44. The number of halogens is 1. The summed E-state index contributed by atoms with van der Waals surface area (Å²) in [5.74, 6) is 0.533. The van der Waals surface area contributed by atoms with Gasteiger partial charge in [0.1, 0.15) is 11.4 Å². The maximum Gasteiger partial charge on any atom is 0.404 e. The lowest BCUT2D eigenvalue weighted by molar-refractivity contribution is 0.0383. The topological polar surface area (TPSA) is 80.6 Å². The van der Waals surface area contributed by atoms with Gasteiger partial charge in [0.25, 0.3) is 5.56 Å². The van der Waals surface area contributed by atoms with Crippen molar-refractivity contribution in [3.05, 3.63) is 27.1 Å². The van der Waals surface area contributed by atoms with E-state index in [1.54, 1.807) is 13.2 Å². The number of nitrogens with zero attached hydrogens (tertiary/aromatic N) is 1. The SMILES string of the molecule is Cn1cc(Br)c(OC2(C)CCC(NC(=O)O)CC2)cc1=O. The Morgan fingerprint density at radius 2 is 2.14 bits per heavy atom. The highest BCUT2D eigenvalue weighted by molar-refractivity contribution is 9.10. The van der Waals surface area contributed by atoms with Crippen molar-refractivity contribution in [2.75, 3.05) is 0 Å². The van der Waals surface area contributed by atoms with Crippen molar-refractivity contribution in [1.82, 2.24) is 9.88 Å². The largest absolute Gasteiger partial charge is 0.486 e. The van der Waals surface area contributed by atoms with Crippen LogP contribution < -0.4 is 15.6 Å². The van der Waals surface area contributed by atoms with Crippen LogP contribution in [0.5, 0.6) is 5.75 Å². The van der Waals surface area contributed by atoms with Gasteiger partial charge in [0.15, 0.2) is 0 Å². The third-order valence-electron chi connectivity index (χ3n) is 3.87. The molecule has 0 saturated heterocycles. The molecule has 1 amide bonds. The smallest absolute Gasteiger partial charge is 0.404 e. The first-order valence-corrected chi connectivity index (χ1v) is 7.63.